The zero-order valence-corrected chi connectivity index (χ0v) is 10.7. The standard InChI is InChI=1S/C11H12BrN3O/c1-7-3-4-10(9(12)5-7)13-6-11-14-8(2)16-15-11/h3-5,13H,6H2,1-2H3. The molecule has 84 valence electrons. The minimum atomic E-state index is 0.555. The van der Waals surface area contributed by atoms with Gasteiger partial charge in [0.1, 0.15) is 0 Å². The van der Waals surface area contributed by atoms with Crippen LogP contribution in [0.5, 0.6) is 0 Å². The van der Waals surface area contributed by atoms with Crippen molar-refractivity contribution in [2.45, 2.75) is 20.4 Å². The van der Waals surface area contributed by atoms with Gasteiger partial charge >= 0.3 is 0 Å². The summed E-state index contributed by atoms with van der Waals surface area (Å²) in [6.07, 6.45) is 0. The average molecular weight is 282 g/mol. The largest absolute Gasteiger partial charge is 0.377 e. The molecule has 0 fully saturated rings. The van der Waals surface area contributed by atoms with Crippen molar-refractivity contribution in [1.29, 1.82) is 0 Å². The minimum Gasteiger partial charge on any atom is -0.377 e. The summed E-state index contributed by atoms with van der Waals surface area (Å²) in [6, 6.07) is 6.13. The Kier molecular flexibility index (Phi) is 3.24. The van der Waals surface area contributed by atoms with E-state index in [1.165, 1.54) is 5.56 Å². The normalized spacial score (nSPS) is 10.4. The first-order valence-corrected chi connectivity index (χ1v) is 5.73. The molecule has 16 heavy (non-hydrogen) atoms. The molecule has 0 aliphatic carbocycles. The van der Waals surface area contributed by atoms with E-state index in [1.807, 2.05) is 6.07 Å². The smallest absolute Gasteiger partial charge is 0.223 e. The first-order chi connectivity index (χ1) is 7.65. The third kappa shape index (κ3) is 2.61. The molecule has 1 aromatic carbocycles. The molecule has 0 radical (unpaired) electrons. The molecule has 1 N–H and O–H groups in total. The Morgan fingerprint density at radius 3 is 2.81 bits per heavy atom. The van der Waals surface area contributed by atoms with Crippen LogP contribution >= 0.6 is 15.9 Å². The molecule has 4 nitrogen and oxygen atoms in total. The fraction of sp³-hybridized carbons (Fsp3) is 0.273. The summed E-state index contributed by atoms with van der Waals surface area (Å²) < 4.78 is 5.92. The molecule has 0 atom stereocenters. The summed E-state index contributed by atoms with van der Waals surface area (Å²) in [5.74, 6) is 1.24. The van der Waals surface area contributed by atoms with Gasteiger partial charge in [0.15, 0.2) is 5.82 Å². The molecule has 0 aliphatic heterocycles. The van der Waals surface area contributed by atoms with Crippen molar-refractivity contribution < 1.29 is 4.52 Å². The van der Waals surface area contributed by atoms with Crippen molar-refractivity contribution in [2.75, 3.05) is 5.32 Å². The van der Waals surface area contributed by atoms with Gasteiger partial charge in [-0.15, -0.1) is 0 Å². The summed E-state index contributed by atoms with van der Waals surface area (Å²) >= 11 is 3.50. The van der Waals surface area contributed by atoms with Crippen LogP contribution in [0.25, 0.3) is 0 Å². The zero-order chi connectivity index (χ0) is 11.5. The maximum atomic E-state index is 4.89. The highest BCUT2D eigenvalue weighted by molar-refractivity contribution is 9.10. The van der Waals surface area contributed by atoms with Crippen molar-refractivity contribution in [3.05, 3.63) is 40.0 Å². The Morgan fingerprint density at radius 1 is 1.38 bits per heavy atom. The van der Waals surface area contributed by atoms with Crippen LogP contribution in [0.3, 0.4) is 0 Å². The van der Waals surface area contributed by atoms with Gasteiger partial charge in [0, 0.05) is 17.1 Å². The van der Waals surface area contributed by atoms with Gasteiger partial charge in [0.05, 0.1) is 6.54 Å². The number of rotatable bonds is 3. The predicted molar refractivity (Wildman–Crippen MR) is 65.2 cm³/mol. The Balaban J connectivity index is 2.04. The van der Waals surface area contributed by atoms with Gasteiger partial charge in [-0.2, -0.15) is 4.98 Å². The van der Waals surface area contributed by atoms with Crippen molar-refractivity contribution >= 4 is 21.6 Å². The maximum Gasteiger partial charge on any atom is 0.223 e. The quantitative estimate of drug-likeness (QED) is 0.940. The number of nitrogens with zero attached hydrogens (tertiary/aromatic N) is 2. The van der Waals surface area contributed by atoms with Crippen molar-refractivity contribution in [3.63, 3.8) is 0 Å². The van der Waals surface area contributed by atoms with Crippen molar-refractivity contribution in [1.82, 2.24) is 10.1 Å². The van der Waals surface area contributed by atoms with Crippen LogP contribution in [0.4, 0.5) is 5.69 Å². The molecule has 2 rings (SSSR count). The van der Waals surface area contributed by atoms with E-state index in [1.54, 1.807) is 6.92 Å². The number of aryl methyl sites for hydroxylation is 2. The summed E-state index contributed by atoms with van der Waals surface area (Å²) in [5, 5.41) is 7.05. The third-order valence-electron chi connectivity index (χ3n) is 2.13. The maximum absolute atomic E-state index is 4.89. The predicted octanol–water partition coefficient (Wildman–Crippen LogP) is 3.06. The first-order valence-electron chi connectivity index (χ1n) is 4.94. The van der Waals surface area contributed by atoms with E-state index >= 15 is 0 Å². The van der Waals surface area contributed by atoms with Crippen molar-refractivity contribution in [3.8, 4) is 0 Å². The molecule has 1 aromatic heterocycles. The van der Waals surface area contributed by atoms with E-state index in [0.717, 1.165) is 10.2 Å². The van der Waals surface area contributed by atoms with Gasteiger partial charge in [-0.3, -0.25) is 0 Å². The molecule has 0 saturated carbocycles. The lowest BCUT2D eigenvalue weighted by molar-refractivity contribution is 0.388. The van der Waals surface area contributed by atoms with Gasteiger partial charge in [-0.1, -0.05) is 11.2 Å². The van der Waals surface area contributed by atoms with Crippen LogP contribution in [-0.2, 0) is 6.54 Å². The molecular formula is C11H12BrN3O. The monoisotopic (exact) mass is 281 g/mol. The summed E-state index contributed by atoms with van der Waals surface area (Å²) in [7, 11) is 0. The van der Waals surface area contributed by atoms with E-state index in [4.69, 9.17) is 4.52 Å². The van der Waals surface area contributed by atoms with Crippen LogP contribution in [0, 0.1) is 13.8 Å². The second kappa shape index (κ2) is 4.65. The van der Waals surface area contributed by atoms with Gasteiger partial charge < -0.3 is 9.84 Å². The first kappa shape index (κ1) is 11.1. The lowest BCUT2D eigenvalue weighted by Crippen LogP contribution is -2.01. The van der Waals surface area contributed by atoms with E-state index in [-0.39, 0.29) is 0 Å². The van der Waals surface area contributed by atoms with E-state index in [0.29, 0.717) is 18.3 Å². The Labute approximate surface area is 102 Å². The van der Waals surface area contributed by atoms with E-state index in [9.17, 15) is 0 Å². The molecule has 0 unspecified atom stereocenters. The molecule has 5 heteroatoms. The Hall–Kier alpha value is -1.36. The number of benzene rings is 1. The number of halogens is 1. The molecule has 0 aliphatic rings. The highest BCUT2D eigenvalue weighted by Gasteiger charge is 2.03. The zero-order valence-electron chi connectivity index (χ0n) is 9.12. The highest BCUT2D eigenvalue weighted by atomic mass is 79.9. The topological polar surface area (TPSA) is 51.0 Å². The lowest BCUT2D eigenvalue weighted by Gasteiger charge is -2.06. The number of nitrogens with one attached hydrogen (secondary N) is 1. The second-order valence-corrected chi connectivity index (χ2v) is 4.42. The Morgan fingerprint density at radius 2 is 2.19 bits per heavy atom. The lowest BCUT2D eigenvalue weighted by atomic mass is 10.2. The molecule has 0 bridgehead atoms. The number of hydrogen-bond donors (Lipinski definition) is 1. The summed E-state index contributed by atoms with van der Waals surface area (Å²) in [6.45, 7) is 4.38. The van der Waals surface area contributed by atoms with Crippen LogP contribution in [0.1, 0.15) is 17.3 Å². The molecular weight excluding hydrogens is 270 g/mol. The minimum absolute atomic E-state index is 0.555. The van der Waals surface area contributed by atoms with E-state index in [2.05, 4.69) is 50.4 Å². The van der Waals surface area contributed by atoms with Gasteiger partial charge in [-0.05, 0) is 40.5 Å². The fourth-order valence-electron chi connectivity index (χ4n) is 1.35. The summed E-state index contributed by atoms with van der Waals surface area (Å²) in [4.78, 5) is 4.12. The molecule has 1 heterocycles. The Bertz CT molecular complexity index is 496. The molecule has 0 saturated heterocycles. The van der Waals surface area contributed by atoms with Gasteiger partial charge in [0.2, 0.25) is 5.89 Å². The molecule has 0 spiro atoms. The van der Waals surface area contributed by atoms with Crippen LogP contribution < -0.4 is 5.32 Å². The van der Waals surface area contributed by atoms with E-state index < -0.39 is 0 Å². The SMILES string of the molecule is Cc1ccc(NCc2noc(C)n2)c(Br)c1. The van der Waals surface area contributed by atoms with Crippen LogP contribution in [0.2, 0.25) is 0 Å². The molecule has 2 aromatic rings. The van der Waals surface area contributed by atoms with Gasteiger partial charge in [0.25, 0.3) is 0 Å². The van der Waals surface area contributed by atoms with Crippen molar-refractivity contribution in [2.24, 2.45) is 0 Å². The van der Waals surface area contributed by atoms with Crippen LogP contribution in [-0.4, -0.2) is 10.1 Å². The second-order valence-electron chi connectivity index (χ2n) is 3.57. The fourth-order valence-corrected chi connectivity index (χ4v) is 1.98. The van der Waals surface area contributed by atoms with Gasteiger partial charge in [-0.25, -0.2) is 0 Å². The molecule has 0 amide bonds. The number of hydrogen-bond acceptors (Lipinski definition) is 4. The highest BCUT2D eigenvalue weighted by Crippen LogP contribution is 2.23. The summed E-state index contributed by atoms with van der Waals surface area (Å²) in [5.41, 5.74) is 2.24. The van der Waals surface area contributed by atoms with Crippen LogP contribution in [0.15, 0.2) is 27.2 Å². The third-order valence-corrected chi connectivity index (χ3v) is 2.79. The number of anilines is 1. The average Bonchev–Trinajstić information content (AvgIpc) is 2.63. The number of aromatic nitrogens is 2.